The molecule has 246 valence electrons. The van der Waals surface area contributed by atoms with Crippen molar-refractivity contribution in [2.75, 3.05) is 0 Å². The van der Waals surface area contributed by atoms with Gasteiger partial charge in [0.1, 0.15) is 0 Å². The van der Waals surface area contributed by atoms with Crippen molar-refractivity contribution in [3.8, 4) is 0 Å². The van der Waals surface area contributed by atoms with Crippen LogP contribution in [0.1, 0.15) is 130 Å². The number of rotatable bonds is 6. The van der Waals surface area contributed by atoms with Crippen molar-refractivity contribution in [1.29, 1.82) is 0 Å². The van der Waals surface area contributed by atoms with E-state index in [-0.39, 0.29) is 7.43 Å². The van der Waals surface area contributed by atoms with Gasteiger partial charge in [-0.3, -0.25) is 0 Å². The van der Waals surface area contributed by atoms with E-state index in [2.05, 4.69) is 109 Å². The van der Waals surface area contributed by atoms with Gasteiger partial charge < -0.3 is 4.90 Å². The second-order valence-electron chi connectivity index (χ2n) is 12.9. The highest BCUT2D eigenvalue weighted by Gasteiger charge is 2.42. The molecule has 1 nitrogen and oxygen atoms in total. The number of hydrogen-bond donors (Lipinski definition) is 0. The fourth-order valence-electron chi connectivity index (χ4n) is 6.41. The molecule has 2 heterocycles. The monoisotopic (exact) mass is 600 g/mol. The highest BCUT2D eigenvalue weighted by Crippen LogP contribution is 2.45. The van der Waals surface area contributed by atoms with Crippen LogP contribution in [0, 0.1) is 24.7 Å². The summed E-state index contributed by atoms with van der Waals surface area (Å²) in [7, 11) is 0. The molecule has 1 saturated heterocycles. The summed E-state index contributed by atoms with van der Waals surface area (Å²) >= 11 is 0. The van der Waals surface area contributed by atoms with Gasteiger partial charge in [0.25, 0.3) is 0 Å². The zero-order valence-corrected chi connectivity index (χ0v) is 29.6. The lowest BCUT2D eigenvalue weighted by molar-refractivity contribution is 0.113. The van der Waals surface area contributed by atoms with Crippen LogP contribution >= 0.6 is 0 Å². The summed E-state index contributed by atoms with van der Waals surface area (Å²) in [6.45, 7) is 36.9. The van der Waals surface area contributed by atoms with E-state index in [1.807, 2.05) is 33.8 Å². The number of nitrogens with zero attached hydrogens (tertiary/aromatic N) is 1. The Morgan fingerprint density at radius 3 is 2.16 bits per heavy atom. The molecule has 0 N–H and O–H groups in total. The van der Waals surface area contributed by atoms with Crippen molar-refractivity contribution in [2.45, 2.75) is 133 Å². The molecular weight excluding hydrogens is 530 g/mol. The second kappa shape index (κ2) is 21.0. The Balaban J connectivity index is 0.000000675. The number of hydrogen-bond acceptors (Lipinski definition) is 1. The van der Waals surface area contributed by atoms with Gasteiger partial charge in [-0.2, -0.15) is 0 Å². The Morgan fingerprint density at radius 2 is 1.64 bits per heavy atom. The molecule has 5 unspecified atom stereocenters. The van der Waals surface area contributed by atoms with Crippen molar-refractivity contribution >= 4 is 0 Å². The molecule has 2 fully saturated rings. The van der Waals surface area contributed by atoms with E-state index in [1.54, 1.807) is 16.7 Å². The lowest BCUT2D eigenvalue weighted by Gasteiger charge is -2.53. The van der Waals surface area contributed by atoms with Crippen LogP contribution in [0.15, 0.2) is 104 Å². The minimum absolute atomic E-state index is 0. The topological polar surface area (TPSA) is 3.24 Å². The van der Waals surface area contributed by atoms with Crippen LogP contribution in [0.3, 0.4) is 0 Å². The molecular formula is C43H69N. The molecule has 1 saturated carbocycles. The molecule has 5 rings (SSSR count). The molecule has 5 atom stereocenters. The third kappa shape index (κ3) is 12.3. The van der Waals surface area contributed by atoms with E-state index in [9.17, 15) is 0 Å². The van der Waals surface area contributed by atoms with Gasteiger partial charge in [-0.1, -0.05) is 95.3 Å². The molecule has 44 heavy (non-hydrogen) atoms. The highest BCUT2D eigenvalue weighted by atomic mass is 15.3. The standard InChI is InChI=1S/C19H26.C15H21N.C4H8.C2H6.C2H4.CH4/c1-13-5-4-6-17(9-13)19-8-7-16(10-15(19)3)12-18-11-14(18)2;1-5-6-7-8-14-9-10-15-11(2)12(3)16(15)13(14)4;1-4(2)3;2*1-2;/h7-10,14,17-18H,4-6,11-12H2,1-3H3;5,7-8,11,15H,1,3,6,9-10H2,2,4H3;1H2,2-3H3;1-2H3;1-2H2;1H4/b;8-7+;;;;. The zero-order valence-electron chi connectivity index (χ0n) is 29.6. The fourth-order valence-corrected chi connectivity index (χ4v) is 6.41. The van der Waals surface area contributed by atoms with Gasteiger partial charge in [-0.15, -0.1) is 26.3 Å². The largest absolute Gasteiger partial charge is 0.345 e. The third-order valence-corrected chi connectivity index (χ3v) is 8.98. The predicted octanol–water partition coefficient (Wildman–Crippen LogP) is 13.5. The highest BCUT2D eigenvalue weighted by molar-refractivity contribution is 5.38. The number of allylic oxidation sites excluding steroid dienone is 8. The SMILES string of the molecule is C.C=C.C=C(C)C.C=CC/C=C/C1=C(C)N2C(=C)C(C)C2CC1.CC.CC1=CC(c2ccc(CC3CC3C)cc2C)CCC1. The minimum Gasteiger partial charge on any atom is -0.345 e. The molecule has 0 amide bonds. The first-order valence-electron chi connectivity index (χ1n) is 16.9. The summed E-state index contributed by atoms with van der Waals surface area (Å²) in [5.74, 6) is 3.27. The van der Waals surface area contributed by atoms with Crippen LogP contribution in [0.5, 0.6) is 0 Å². The molecule has 0 spiro atoms. The van der Waals surface area contributed by atoms with Crippen LogP contribution < -0.4 is 0 Å². The molecule has 2 aliphatic heterocycles. The molecule has 2 aliphatic carbocycles. The van der Waals surface area contributed by atoms with Crippen LogP contribution in [-0.4, -0.2) is 10.9 Å². The van der Waals surface area contributed by atoms with Gasteiger partial charge in [0.2, 0.25) is 0 Å². The Kier molecular flexibility index (Phi) is 19.7. The Morgan fingerprint density at radius 1 is 1.02 bits per heavy atom. The quantitative estimate of drug-likeness (QED) is 0.294. The predicted molar refractivity (Wildman–Crippen MR) is 202 cm³/mol. The first-order chi connectivity index (χ1) is 20.5. The number of aryl methyl sites for hydroxylation is 1. The first kappa shape index (κ1) is 41.2. The molecule has 0 aromatic heterocycles. The van der Waals surface area contributed by atoms with Gasteiger partial charge in [-0.05, 0) is 120 Å². The van der Waals surface area contributed by atoms with Gasteiger partial charge in [0, 0.05) is 29.3 Å². The van der Waals surface area contributed by atoms with E-state index in [1.165, 1.54) is 73.0 Å². The smallest absolute Gasteiger partial charge is 0.0419 e. The maximum Gasteiger partial charge on any atom is 0.0419 e. The summed E-state index contributed by atoms with van der Waals surface area (Å²) in [4.78, 5) is 2.42. The molecule has 0 radical (unpaired) electrons. The maximum absolute atomic E-state index is 4.16. The summed E-state index contributed by atoms with van der Waals surface area (Å²) in [5.41, 5.74) is 11.5. The Labute approximate surface area is 275 Å². The summed E-state index contributed by atoms with van der Waals surface area (Å²) in [6, 6.07) is 7.94. The van der Waals surface area contributed by atoms with Gasteiger partial charge in [-0.25, -0.2) is 0 Å². The Hall–Kier alpha value is -2.80. The normalized spacial score (nSPS) is 24.5. The molecule has 1 aromatic rings. The van der Waals surface area contributed by atoms with Crippen molar-refractivity contribution in [3.05, 3.63) is 120 Å². The van der Waals surface area contributed by atoms with Crippen LogP contribution in [-0.2, 0) is 6.42 Å². The molecule has 4 aliphatic rings. The van der Waals surface area contributed by atoms with Crippen molar-refractivity contribution in [1.82, 2.24) is 4.90 Å². The van der Waals surface area contributed by atoms with Gasteiger partial charge in [0.15, 0.2) is 0 Å². The molecule has 1 aromatic carbocycles. The summed E-state index contributed by atoms with van der Waals surface area (Å²) < 4.78 is 0. The van der Waals surface area contributed by atoms with Crippen molar-refractivity contribution < 1.29 is 0 Å². The van der Waals surface area contributed by atoms with Crippen molar-refractivity contribution in [3.63, 3.8) is 0 Å². The number of benzene rings is 1. The average molecular weight is 600 g/mol. The van der Waals surface area contributed by atoms with Gasteiger partial charge >= 0.3 is 0 Å². The fraction of sp³-hybridized carbons (Fsp3) is 0.535. The van der Waals surface area contributed by atoms with E-state index >= 15 is 0 Å². The number of fused-ring (bicyclic) bond motifs is 1. The summed E-state index contributed by atoms with van der Waals surface area (Å²) in [5, 5.41) is 0. The van der Waals surface area contributed by atoms with Gasteiger partial charge in [0.05, 0.1) is 0 Å². The van der Waals surface area contributed by atoms with E-state index in [4.69, 9.17) is 0 Å². The first-order valence-corrected chi connectivity index (χ1v) is 16.9. The Bertz CT molecular complexity index is 1140. The zero-order chi connectivity index (χ0) is 32.7. The minimum atomic E-state index is 0. The summed E-state index contributed by atoms with van der Waals surface area (Å²) in [6.07, 6.45) is 19.0. The van der Waals surface area contributed by atoms with Crippen LogP contribution in [0.25, 0.3) is 0 Å². The lowest BCUT2D eigenvalue weighted by atomic mass is 9.78. The second-order valence-corrected chi connectivity index (χ2v) is 12.9. The van der Waals surface area contributed by atoms with Crippen LogP contribution in [0.4, 0.5) is 0 Å². The molecule has 1 heteroatoms. The maximum atomic E-state index is 4.16. The molecule has 0 bridgehead atoms. The lowest BCUT2D eigenvalue weighted by Crippen LogP contribution is -2.52. The van der Waals surface area contributed by atoms with E-state index < -0.39 is 0 Å². The van der Waals surface area contributed by atoms with E-state index in [0.29, 0.717) is 17.9 Å². The third-order valence-electron chi connectivity index (χ3n) is 8.98. The average Bonchev–Trinajstić information content (AvgIpc) is 3.69. The van der Waals surface area contributed by atoms with E-state index in [0.717, 1.165) is 18.3 Å². The van der Waals surface area contributed by atoms with Crippen LogP contribution in [0.2, 0.25) is 0 Å². The van der Waals surface area contributed by atoms with Crippen molar-refractivity contribution in [2.24, 2.45) is 17.8 Å².